The molecule has 0 saturated carbocycles. The van der Waals surface area contributed by atoms with E-state index in [1.54, 1.807) is 25.4 Å². The van der Waals surface area contributed by atoms with Gasteiger partial charge in [-0.2, -0.15) is 0 Å². The summed E-state index contributed by atoms with van der Waals surface area (Å²) in [7, 11) is 1.59. The molecule has 2 heterocycles. The molecule has 0 atom stereocenters. The van der Waals surface area contributed by atoms with E-state index in [0.29, 0.717) is 31.8 Å². The number of piperidine rings is 1. The van der Waals surface area contributed by atoms with Crippen molar-refractivity contribution in [2.45, 2.75) is 25.3 Å². The second kappa shape index (κ2) is 8.24. The van der Waals surface area contributed by atoms with Gasteiger partial charge in [0.25, 0.3) is 5.91 Å². The number of rotatable bonds is 5. The predicted octanol–water partition coefficient (Wildman–Crippen LogP) is 1.60. The molecule has 1 aliphatic rings. The number of aromatic nitrogens is 1. The molecule has 6 nitrogen and oxygen atoms in total. The van der Waals surface area contributed by atoms with Gasteiger partial charge in [0.05, 0.1) is 13.0 Å². The van der Waals surface area contributed by atoms with Gasteiger partial charge in [-0.05, 0) is 40.9 Å². The first-order valence-corrected chi connectivity index (χ1v) is 8.08. The van der Waals surface area contributed by atoms with Crippen molar-refractivity contribution in [2.75, 3.05) is 26.8 Å². The Morgan fingerprint density at radius 2 is 2.14 bits per heavy atom. The Labute approximate surface area is 138 Å². The van der Waals surface area contributed by atoms with Crippen LogP contribution in [0.15, 0.2) is 22.8 Å². The van der Waals surface area contributed by atoms with E-state index in [1.165, 1.54) is 0 Å². The number of nitrogens with one attached hydrogen (secondary N) is 1. The van der Waals surface area contributed by atoms with Crippen LogP contribution in [-0.4, -0.2) is 54.5 Å². The van der Waals surface area contributed by atoms with E-state index in [1.807, 2.05) is 4.90 Å². The fourth-order valence-electron chi connectivity index (χ4n) is 2.39. The number of pyridine rings is 1. The summed E-state index contributed by atoms with van der Waals surface area (Å²) in [5, 5.41) is 2.98. The normalized spacial score (nSPS) is 15.6. The van der Waals surface area contributed by atoms with Gasteiger partial charge in [0, 0.05) is 36.9 Å². The van der Waals surface area contributed by atoms with Gasteiger partial charge in [-0.1, -0.05) is 0 Å². The standard InChI is InChI=1S/C15H20BrN3O3/c1-22-9-6-14(20)19-7-4-12(5-8-19)18-15(21)13-3-2-11(16)10-17-13/h2-3,10,12H,4-9H2,1H3,(H,18,21). The van der Waals surface area contributed by atoms with Crippen LogP contribution in [0, 0.1) is 0 Å². The number of carbonyl (C=O) groups is 2. The van der Waals surface area contributed by atoms with E-state index in [4.69, 9.17) is 4.74 Å². The molecular weight excluding hydrogens is 350 g/mol. The van der Waals surface area contributed by atoms with Gasteiger partial charge in [-0.15, -0.1) is 0 Å². The Hall–Kier alpha value is -1.47. The zero-order valence-electron chi connectivity index (χ0n) is 12.5. The van der Waals surface area contributed by atoms with Crippen LogP contribution in [-0.2, 0) is 9.53 Å². The van der Waals surface area contributed by atoms with Crippen molar-refractivity contribution in [3.63, 3.8) is 0 Å². The second-order valence-corrected chi connectivity index (χ2v) is 6.15. The van der Waals surface area contributed by atoms with E-state index in [-0.39, 0.29) is 17.9 Å². The summed E-state index contributed by atoms with van der Waals surface area (Å²) in [6.45, 7) is 1.78. The summed E-state index contributed by atoms with van der Waals surface area (Å²) in [6, 6.07) is 3.56. The molecule has 1 aromatic heterocycles. The van der Waals surface area contributed by atoms with E-state index >= 15 is 0 Å². The molecule has 22 heavy (non-hydrogen) atoms. The zero-order chi connectivity index (χ0) is 15.9. The maximum Gasteiger partial charge on any atom is 0.270 e. The Morgan fingerprint density at radius 1 is 1.41 bits per heavy atom. The van der Waals surface area contributed by atoms with Gasteiger partial charge in [0.15, 0.2) is 0 Å². The number of hydrogen-bond donors (Lipinski definition) is 1. The molecule has 0 radical (unpaired) electrons. The number of likely N-dealkylation sites (tertiary alicyclic amines) is 1. The molecule has 0 spiro atoms. The van der Waals surface area contributed by atoms with Gasteiger partial charge in [-0.3, -0.25) is 9.59 Å². The lowest BCUT2D eigenvalue weighted by Gasteiger charge is -2.32. The molecule has 0 unspecified atom stereocenters. The molecular formula is C15H20BrN3O3. The van der Waals surface area contributed by atoms with Gasteiger partial charge < -0.3 is 15.0 Å². The molecule has 7 heteroatoms. The molecule has 0 aromatic carbocycles. The number of halogens is 1. The molecule has 0 bridgehead atoms. The first-order valence-electron chi connectivity index (χ1n) is 7.29. The fraction of sp³-hybridized carbons (Fsp3) is 0.533. The van der Waals surface area contributed by atoms with E-state index in [2.05, 4.69) is 26.2 Å². The second-order valence-electron chi connectivity index (χ2n) is 5.23. The average molecular weight is 370 g/mol. The monoisotopic (exact) mass is 369 g/mol. The number of ether oxygens (including phenoxy) is 1. The highest BCUT2D eigenvalue weighted by Gasteiger charge is 2.24. The maximum atomic E-state index is 12.1. The molecule has 1 aliphatic heterocycles. The lowest BCUT2D eigenvalue weighted by Crippen LogP contribution is -2.46. The highest BCUT2D eigenvalue weighted by atomic mass is 79.9. The van der Waals surface area contributed by atoms with Crippen LogP contribution in [0.5, 0.6) is 0 Å². The minimum absolute atomic E-state index is 0.0874. The molecule has 1 saturated heterocycles. The van der Waals surface area contributed by atoms with Crippen molar-refractivity contribution in [3.05, 3.63) is 28.5 Å². The Bertz CT molecular complexity index is 513. The number of carbonyl (C=O) groups excluding carboxylic acids is 2. The quantitative estimate of drug-likeness (QED) is 0.855. The van der Waals surface area contributed by atoms with Crippen molar-refractivity contribution in [3.8, 4) is 0 Å². The zero-order valence-corrected chi connectivity index (χ0v) is 14.1. The van der Waals surface area contributed by atoms with Crippen LogP contribution in [0.1, 0.15) is 29.8 Å². The van der Waals surface area contributed by atoms with Gasteiger partial charge in [0.1, 0.15) is 5.69 Å². The topological polar surface area (TPSA) is 71.5 Å². The summed E-state index contributed by atoms with van der Waals surface area (Å²) in [5.41, 5.74) is 0.404. The predicted molar refractivity (Wildman–Crippen MR) is 85.5 cm³/mol. The smallest absolute Gasteiger partial charge is 0.270 e. The number of methoxy groups -OCH3 is 1. The van der Waals surface area contributed by atoms with Crippen LogP contribution >= 0.6 is 15.9 Å². The third-order valence-electron chi connectivity index (χ3n) is 3.66. The molecule has 120 valence electrons. The Balaban J connectivity index is 1.78. The van der Waals surface area contributed by atoms with E-state index < -0.39 is 0 Å². The fourth-order valence-corrected chi connectivity index (χ4v) is 2.62. The summed E-state index contributed by atoms with van der Waals surface area (Å²) in [6.07, 6.45) is 3.55. The lowest BCUT2D eigenvalue weighted by atomic mass is 10.0. The average Bonchev–Trinajstić information content (AvgIpc) is 2.54. The summed E-state index contributed by atoms with van der Waals surface area (Å²) < 4.78 is 5.76. The van der Waals surface area contributed by atoms with Crippen LogP contribution in [0.25, 0.3) is 0 Å². The third-order valence-corrected chi connectivity index (χ3v) is 4.13. The summed E-state index contributed by atoms with van der Waals surface area (Å²) in [5.74, 6) is -0.0575. The summed E-state index contributed by atoms with van der Waals surface area (Å²) >= 11 is 3.29. The van der Waals surface area contributed by atoms with Crippen LogP contribution in [0.4, 0.5) is 0 Å². The van der Waals surface area contributed by atoms with Crippen molar-refractivity contribution in [1.82, 2.24) is 15.2 Å². The minimum atomic E-state index is -0.170. The van der Waals surface area contributed by atoms with Crippen molar-refractivity contribution < 1.29 is 14.3 Å². The van der Waals surface area contributed by atoms with Crippen LogP contribution in [0.3, 0.4) is 0 Å². The molecule has 0 aliphatic carbocycles. The Kier molecular flexibility index (Phi) is 6.33. The van der Waals surface area contributed by atoms with Gasteiger partial charge in [-0.25, -0.2) is 4.98 Å². The summed E-state index contributed by atoms with van der Waals surface area (Å²) in [4.78, 5) is 29.9. The first kappa shape index (κ1) is 16.9. The number of nitrogens with zero attached hydrogens (tertiary/aromatic N) is 2. The third kappa shape index (κ3) is 4.78. The molecule has 2 rings (SSSR count). The number of hydrogen-bond acceptors (Lipinski definition) is 4. The lowest BCUT2D eigenvalue weighted by molar-refractivity contribution is -0.133. The van der Waals surface area contributed by atoms with Crippen molar-refractivity contribution in [1.29, 1.82) is 0 Å². The van der Waals surface area contributed by atoms with Crippen molar-refractivity contribution >= 4 is 27.7 Å². The van der Waals surface area contributed by atoms with Crippen molar-refractivity contribution in [2.24, 2.45) is 0 Å². The highest BCUT2D eigenvalue weighted by Crippen LogP contribution is 2.13. The van der Waals surface area contributed by atoms with E-state index in [9.17, 15) is 9.59 Å². The Morgan fingerprint density at radius 3 is 2.73 bits per heavy atom. The minimum Gasteiger partial charge on any atom is -0.384 e. The number of amides is 2. The SMILES string of the molecule is COCCC(=O)N1CCC(NC(=O)c2ccc(Br)cn2)CC1. The largest absolute Gasteiger partial charge is 0.384 e. The van der Waals surface area contributed by atoms with Gasteiger partial charge in [0.2, 0.25) is 5.91 Å². The molecule has 1 N–H and O–H groups in total. The van der Waals surface area contributed by atoms with Gasteiger partial charge >= 0.3 is 0 Å². The van der Waals surface area contributed by atoms with Crippen LogP contribution < -0.4 is 5.32 Å². The first-order chi connectivity index (χ1) is 10.6. The molecule has 1 aromatic rings. The highest BCUT2D eigenvalue weighted by molar-refractivity contribution is 9.10. The van der Waals surface area contributed by atoms with E-state index in [0.717, 1.165) is 17.3 Å². The molecule has 2 amide bonds. The maximum absolute atomic E-state index is 12.1. The van der Waals surface area contributed by atoms with Crippen LogP contribution in [0.2, 0.25) is 0 Å². The molecule has 1 fully saturated rings.